The van der Waals surface area contributed by atoms with E-state index < -0.39 is 20.0 Å². The Kier molecular flexibility index (Phi) is 7.17. The molecule has 0 radical (unpaired) electrons. The van der Waals surface area contributed by atoms with Gasteiger partial charge in [-0.2, -0.15) is 4.31 Å². The van der Waals surface area contributed by atoms with Gasteiger partial charge in [-0.1, -0.05) is 0 Å². The van der Waals surface area contributed by atoms with E-state index in [2.05, 4.69) is 4.72 Å². The summed E-state index contributed by atoms with van der Waals surface area (Å²) >= 11 is 0. The summed E-state index contributed by atoms with van der Waals surface area (Å²) in [5.41, 5.74) is 5.90. The summed E-state index contributed by atoms with van der Waals surface area (Å²) in [6, 6.07) is 3.97. The second kappa shape index (κ2) is 8.09. The van der Waals surface area contributed by atoms with Crippen molar-refractivity contribution in [3.8, 4) is 0 Å². The predicted molar refractivity (Wildman–Crippen MR) is 92.2 cm³/mol. The van der Waals surface area contributed by atoms with Crippen LogP contribution in [0.4, 0.5) is 0 Å². The Balaban J connectivity index is 0.00000288. The lowest BCUT2D eigenvalue weighted by molar-refractivity contribution is 0.00450. The van der Waals surface area contributed by atoms with Crippen LogP contribution in [0, 0.1) is 6.92 Å². The Morgan fingerprint density at radius 2 is 2.00 bits per heavy atom. The van der Waals surface area contributed by atoms with Crippen molar-refractivity contribution < 1.29 is 21.6 Å². The van der Waals surface area contributed by atoms with Gasteiger partial charge in [0.2, 0.25) is 20.0 Å². The molecule has 11 heteroatoms. The fraction of sp³-hybridized carbons (Fsp3) is 0.538. The van der Waals surface area contributed by atoms with Crippen LogP contribution >= 0.6 is 12.4 Å². The number of morpholine rings is 1. The first-order chi connectivity index (χ1) is 10.7. The number of benzene rings is 1. The largest absolute Gasteiger partial charge is 0.374 e. The van der Waals surface area contributed by atoms with Crippen molar-refractivity contribution in [3.63, 3.8) is 0 Å². The number of sulfonamides is 2. The monoisotopic (exact) mass is 399 g/mol. The summed E-state index contributed by atoms with van der Waals surface area (Å²) in [5.74, 6) is 0. The normalized spacial score (nSPS) is 19.7. The van der Waals surface area contributed by atoms with Crippen molar-refractivity contribution in [1.29, 1.82) is 0 Å². The molecule has 0 aliphatic carbocycles. The van der Waals surface area contributed by atoms with Gasteiger partial charge in [-0.15, -0.1) is 12.4 Å². The molecule has 0 aromatic heterocycles. The molecule has 1 aliphatic rings. The maximum atomic E-state index is 12.7. The summed E-state index contributed by atoms with van der Waals surface area (Å²) in [6.07, 6.45) is -0.330. The third kappa shape index (κ3) is 4.26. The number of hydrogen-bond acceptors (Lipinski definition) is 6. The van der Waals surface area contributed by atoms with Gasteiger partial charge in [-0.05, 0) is 37.7 Å². The number of ether oxygens (including phenoxy) is 1. The maximum absolute atomic E-state index is 12.7. The number of nitrogens with two attached hydrogens (primary N) is 1. The van der Waals surface area contributed by atoms with Gasteiger partial charge in [-0.3, -0.25) is 0 Å². The molecule has 2 rings (SSSR count). The second-order valence-electron chi connectivity index (χ2n) is 5.23. The second-order valence-corrected chi connectivity index (χ2v) is 9.02. The number of rotatable bonds is 5. The number of halogens is 1. The summed E-state index contributed by atoms with van der Waals surface area (Å²) in [5, 5.41) is 0. The van der Waals surface area contributed by atoms with E-state index in [4.69, 9.17) is 10.5 Å². The first kappa shape index (κ1) is 21.3. The van der Waals surface area contributed by atoms with E-state index in [0.717, 1.165) is 0 Å². The van der Waals surface area contributed by atoms with E-state index >= 15 is 0 Å². The Morgan fingerprint density at radius 1 is 1.33 bits per heavy atom. The van der Waals surface area contributed by atoms with Gasteiger partial charge >= 0.3 is 0 Å². The lowest BCUT2D eigenvalue weighted by Crippen LogP contribution is -2.48. The van der Waals surface area contributed by atoms with Crippen LogP contribution in [0.2, 0.25) is 0 Å². The van der Waals surface area contributed by atoms with Crippen molar-refractivity contribution in [1.82, 2.24) is 9.03 Å². The van der Waals surface area contributed by atoms with E-state index in [0.29, 0.717) is 5.56 Å². The fourth-order valence-corrected chi connectivity index (χ4v) is 4.89. The number of nitrogens with zero attached hydrogens (tertiary/aromatic N) is 1. The van der Waals surface area contributed by atoms with Crippen LogP contribution in [-0.2, 0) is 24.8 Å². The van der Waals surface area contributed by atoms with Crippen LogP contribution < -0.4 is 10.5 Å². The topological polar surface area (TPSA) is 119 Å². The highest BCUT2D eigenvalue weighted by Crippen LogP contribution is 2.23. The molecule has 138 valence electrons. The van der Waals surface area contributed by atoms with E-state index in [1.807, 2.05) is 0 Å². The highest BCUT2D eigenvalue weighted by molar-refractivity contribution is 7.89. The van der Waals surface area contributed by atoms with E-state index in [9.17, 15) is 16.8 Å². The van der Waals surface area contributed by atoms with Gasteiger partial charge in [0, 0.05) is 19.6 Å². The molecule has 0 spiro atoms. The molecule has 0 saturated carbocycles. The van der Waals surface area contributed by atoms with Crippen LogP contribution in [0.3, 0.4) is 0 Å². The van der Waals surface area contributed by atoms with Crippen LogP contribution in [0.25, 0.3) is 0 Å². The van der Waals surface area contributed by atoms with E-state index in [-0.39, 0.29) is 54.5 Å². The van der Waals surface area contributed by atoms with Crippen molar-refractivity contribution in [2.45, 2.75) is 22.8 Å². The standard InChI is InChI=1S/C13H21N3O5S2.ClH/c1-10-7-12(3-4-13(10)22(17,18)15-2)23(19,20)16-5-6-21-11(8-14)9-16;/h3-4,7,11,15H,5-6,8-9,14H2,1-2H3;1H. The van der Waals surface area contributed by atoms with Crippen LogP contribution in [0.15, 0.2) is 28.0 Å². The van der Waals surface area contributed by atoms with Gasteiger partial charge in [0.05, 0.1) is 22.5 Å². The Labute approximate surface area is 148 Å². The number of aryl methyl sites for hydroxylation is 1. The van der Waals surface area contributed by atoms with Gasteiger partial charge in [0.1, 0.15) is 0 Å². The zero-order valence-corrected chi connectivity index (χ0v) is 15.9. The highest BCUT2D eigenvalue weighted by atomic mass is 35.5. The lowest BCUT2D eigenvalue weighted by atomic mass is 10.2. The molecular weight excluding hydrogens is 378 g/mol. The SMILES string of the molecule is CNS(=O)(=O)c1ccc(S(=O)(=O)N2CCOC(CN)C2)cc1C.Cl. The van der Waals surface area contributed by atoms with Gasteiger partial charge < -0.3 is 10.5 Å². The summed E-state index contributed by atoms with van der Waals surface area (Å²) in [7, 11) is -6.03. The first-order valence-electron chi connectivity index (χ1n) is 7.08. The molecule has 1 aliphatic heterocycles. The molecule has 1 aromatic carbocycles. The highest BCUT2D eigenvalue weighted by Gasteiger charge is 2.31. The first-order valence-corrected chi connectivity index (χ1v) is 10.0. The molecule has 1 aromatic rings. The third-order valence-corrected chi connectivity index (χ3v) is 7.14. The minimum absolute atomic E-state index is 0. The molecular formula is C13H22ClN3O5S2. The van der Waals surface area contributed by atoms with Gasteiger partial charge in [0.15, 0.2) is 0 Å². The number of nitrogens with one attached hydrogen (secondary N) is 1. The molecule has 8 nitrogen and oxygen atoms in total. The van der Waals surface area contributed by atoms with Crippen LogP contribution in [0.1, 0.15) is 5.56 Å². The van der Waals surface area contributed by atoms with Crippen molar-refractivity contribution in [2.24, 2.45) is 5.73 Å². The fourth-order valence-electron chi connectivity index (χ4n) is 2.40. The van der Waals surface area contributed by atoms with Gasteiger partial charge in [0.25, 0.3) is 0 Å². The Morgan fingerprint density at radius 3 is 2.54 bits per heavy atom. The molecule has 0 bridgehead atoms. The molecule has 1 fully saturated rings. The predicted octanol–water partition coefficient (Wildman–Crippen LogP) is -0.327. The molecule has 24 heavy (non-hydrogen) atoms. The van der Waals surface area contributed by atoms with Crippen molar-refractivity contribution in [2.75, 3.05) is 33.3 Å². The average molecular weight is 400 g/mol. The van der Waals surface area contributed by atoms with Crippen molar-refractivity contribution in [3.05, 3.63) is 23.8 Å². The summed E-state index contributed by atoms with van der Waals surface area (Å²) in [6.45, 7) is 2.52. The quantitative estimate of drug-likeness (QED) is 0.700. The summed E-state index contributed by atoms with van der Waals surface area (Å²) in [4.78, 5) is 0.114. The lowest BCUT2D eigenvalue weighted by Gasteiger charge is -2.31. The zero-order chi connectivity index (χ0) is 17.3. The Hall–Kier alpha value is -0.750. The van der Waals surface area contributed by atoms with E-state index in [1.165, 1.54) is 29.6 Å². The molecule has 3 N–H and O–H groups in total. The van der Waals surface area contributed by atoms with Gasteiger partial charge in [-0.25, -0.2) is 21.6 Å². The average Bonchev–Trinajstić information content (AvgIpc) is 2.54. The molecule has 0 amide bonds. The zero-order valence-electron chi connectivity index (χ0n) is 13.4. The molecule has 1 unspecified atom stereocenters. The number of hydrogen-bond donors (Lipinski definition) is 2. The minimum Gasteiger partial charge on any atom is -0.374 e. The third-order valence-electron chi connectivity index (χ3n) is 3.71. The smallest absolute Gasteiger partial charge is 0.243 e. The van der Waals surface area contributed by atoms with Crippen LogP contribution in [-0.4, -0.2) is 60.5 Å². The molecule has 1 saturated heterocycles. The molecule has 1 heterocycles. The van der Waals surface area contributed by atoms with E-state index in [1.54, 1.807) is 6.92 Å². The van der Waals surface area contributed by atoms with Crippen molar-refractivity contribution >= 4 is 32.5 Å². The Bertz CT molecular complexity index is 783. The van der Waals surface area contributed by atoms with Crippen LogP contribution in [0.5, 0.6) is 0 Å². The maximum Gasteiger partial charge on any atom is 0.243 e. The molecule has 1 atom stereocenters. The minimum atomic E-state index is -3.71. The summed E-state index contributed by atoms with van der Waals surface area (Å²) < 4.78 is 58.0.